The van der Waals surface area contributed by atoms with E-state index in [-0.39, 0.29) is 12.0 Å². The van der Waals surface area contributed by atoms with Gasteiger partial charge >= 0.3 is 5.97 Å². The first-order chi connectivity index (χ1) is 9.56. The smallest absolute Gasteiger partial charge is 0.338 e. The maximum atomic E-state index is 12.3. The van der Waals surface area contributed by atoms with Crippen LogP contribution in [0.25, 0.3) is 0 Å². The predicted octanol–water partition coefficient (Wildman–Crippen LogP) is 2.38. The average Bonchev–Trinajstić information content (AvgIpc) is 2.45. The Morgan fingerprint density at radius 3 is 2.65 bits per heavy atom. The highest BCUT2D eigenvalue weighted by molar-refractivity contribution is 7.80. The van der Waals surface area contributed by atoms with Gasteiger partial charge in [-0.25, -0.2) is 4.79 Å². The molecule has 1 atom stereocenters. The van der Waals surface area contributed by atoms with E-state index in [0.29, 0.717) is 17.3 Å². The Morgan fingerprint density at radius 1 is 1.40 bits per heavy atom. The number of carbonyl (C=O) groups is 1. The molecule has 1 aliphatic heterocycles. The zero-order valence-corrected chi connectivity index (χ0v) is 12.7. The molecule has 0 fully saturated rings. The van der Waals surface area contributed by atoms with E-state index in [1.165, 1.54) is 0 Å². The number of nitrogens with one attached hydrogen (secondary N) is 1. The highest BCUT2D eigenvalue weighted by atomic mass is 32.1. The van der Waals surface area contributed by atoms with Gasteiger partial charge in [0, 0.05) is 12.7 Å². The van der Waals surface area contributed by atoms with E-state index in [2.05, 4.69) is 5.32 Å². The largest absolute Gasteiger partial charge is 0.463 e. The molecule has 0 unspecified atom stereocenters. The second-order valence-electron chi connectivity index (χ2n) is 4.57. The van der Waals surface area contributed by atoms with Crippen molar-refractivity contribution in [2.45, 2.75) is 19.9 Å². The third-order valence-corrected chi connectivity index (χ3v) is 3.77. The van der Waals surface area contributed by atoms with Crippen LogP contribution in [-0.4, -0.2) is 29.6 Å². The van der Waals surface area contributed by atoms with Gasteiger partial charge in [-0.05, 0) is 31.6 Å². The van der Waals surface area contributed by atoms with Gasteiger partial charge in [0.2, 0.25) is 0 Å². The normalized spacial score (nSPS) is 18.9. The minimum absolute atomic E-state index is 0.265. The molecule has 106 valence electrons. The van der Waals surface area contributed by atoms with Gasteiger partial charge in [-0.15, -0.1) is 0 Å². The van der Waals surface area contributed by atoms with E-state index in [1.807, 2.05) is 44.3 Å². The monoisotopic (exact) mass is 290 g/mol. The van der Waals surface area contributed by atoms with Crippen LogP contribution in [0.3, 0.4) is 0 Å². The van der Waals surface area contributed by atoms with Crippen molar-refractivity contribution in [2.24, 2.45) is 0 Å². The van der Waals surface area contributed by atoms with Crippen LogP contribution in [-0.2, 0) is 9.53 Å². The first-order valence-corrected chi connectivity index (χ1v) is 6.94. The summed E-state index contributed by atoms with van der Waals surface area (Å²) in [7, 11) is 1.84. The molecule has 0 aromatic heterocycles. The Hall–Kier alpha value is -1.88. The number of carbonyl (C=O) groups excluding carboxylic acids is 1. The molecule has 0 bridgehead atoms. The topological polar surface area (TPSA) is 41.6 Å². The van der Waals surface area contributed by atoms with Crippen LogP contribution in [0.15, 0.2) is 41.6 Å². The fraction of sp³-hybridized carbons (Fsp3) is 0.333. The van der Waals surface area contributed by atoms with Crippen LogP contribution in [0.1, 0.15) is 25.5 Å². The number of nitrogens with zero attached hydrogens (tertiary/aromatic N) is 1. The van der Waals surface area contributed by atoms with E-state index >= 15 is 0 Å². The average molecular weight is 290 g/mol. The summed E-state index contributed by atoms with van der Waals surface area (Å²) >= 11 is 5.32. The molecular formula is C15H18N2O2S. The Bertz CT molecular complexity index is 554. The first kappa shape index (κ1) is 14.5. The number of hydrogen-bond acceptors (Lipinski definition) is 3. The summed E-state index contributed by atoms with van der Waals surface area (Å²) < 4.78 is 5.18. The zero-order valence-electron chi connectivity index (χ0n) is 11.8. The summed E-state index contributed by atoms with van der Waals surface area (Å²) in [4.78, 5) is 14.0. The fourth-order valence-electron chi connectivity index (χ4n) is 2.20. The van der Waals surface area contributed by atoms with Crippen molar-refractivity contribution in [1.82, 2.24) is 10.2 Å². The third kappa shape index (κ3) is 2.67. The Labute approximate surface area is 124 Å². The molecule has 0 saturated heterocycles. The van der Waals surface area contributed by atoms with Gasteiger partial charge in [-0.3, -0.25) is 0 Å². The number of thiocarbonyl (C=S) groups is 1. The van der Waals surface area contributed by atoms with Crippen molar-refractivity contribution in [2.75, 3.05) is 13.7 Å². The highest BCUT2D eigenvalue weighted by Gasteiger charge is 2.33. The molecule has 0 saturated carbocycles. The predicted molar refractivity (Wildman–Crippen MR) is 82.0 cm³/mol. The Balaban J connectivity index is 2.48. The van der Waals surface area contributed by atoms with Gasteiger partial charge in [0.25, 0.3) is 0 Å². The lowest BCUT2D eigenvalue weighted by molar-refractivity contribution is -0.139. The SMILES string of the molecule is CCOC(=O)C1=C(C)N(C)C(=S)N[C@H]1c1ccccc1. The van der Waals surface area contributed by atoms with Gasteiger partial charge < -0.3 is 15.0 Å². The molecular weight excluding hydrogens is 272 g/mol. The van der Waals surface area contributed by atoms with Gasteiger partial charge in [0.05, 0.1) is 18.2 Å². The lowest BCUT2D eigenvalue weighted by Gasteiger charge is -2.35. The summed E-state index contributed by atoms with van der Waals surface area (Å²) in [5, 5.41) is 3.80. The number of rotatable bonds is 3. The second kappa shape index (κ2) is 6.05. The minimum Gasteiger partial charge on any atom is -0.463 e. The molecule has 2 rings (SSSR count). The van der Waals surface area contributed by atoms with Crippen LogP contribution in [0.2, 0.25) is 0 Å². The van der Waals surface area contributed by atoms with Crippen LogP contribution in [0, 0.1) is 0 Å². The number of benzene rings is 1. The molecule has 0 aliphatic carbocycles. The zero-order chi connectivity index (χ0) is 14.7. The summed E-state index contributed by atoms with van der Waals surface area (Å²) in [6, 6.07) is 9.50. The number of esters is 1. The summed E-state index contributed by atoms with van der Waals surface area (Å²) in [6.45, 7) is 4.04. The van der Waals surface area contributed by atoms with Crippen LogP contribution < -0.4 is 5.32 Å². The second-order valence-corrected chi connectivity index (χ2v) is 4.96. The fourth-order valence-corrected chi connectivity index (χ4v) is 2.46. The van der Waals surface area contributed by atoms with Crippen molar-refractivity contribution in [3.05, 3.63) is 47.2 Å². The molecule has 1 aromatic carbocycles. The molecule has 4 nitrogen and oxygen atoms in total. The summed E-state index contributed by atoms with van der Waals surface area (Å²) in [5.74, 6) is -0.305. The molecule has 5 heteroatoms. The molecule has 1 aliphatic rings. The summed E-state index contributed by atoms with van der Waals surface area (Å²) in [6.07, 6.45) is 0. The highest BCUT2D eigenvalue weighted by Crippen LogP contribution is 2.30. The van der Waals surface area contributed by atoms with Crippen molar-refractivity contribution < 1.29 is 9.53 Å². The van der Waals surface area contributed by atoms with Crippen molar-refractivity contribution in [1.29, 1.82) is 0 Å². The van der Waals surface area contributed by atoms with Crippen LogP contribution in [0.4, 0.5) is 0 Å². The maximum absolute atomic E-state index is 12.3. The first-order valence-electron chi connectivity index (χ1n) is 6.53. The number of ether oxygens (including phenoxy) is 1. The molecule has 0 amide bonds. The molecule has 1 N–H and O–H groups in total. The molecule has 1 heterocycles. The van der Waals surface area contributed by atoms with Crippen molar-refractivity contribution in [3.63, 3.8) is 0 Å². The Morgan fingerprint density at radius 2 is 2.05 bits per heavy atom. The van der Waals surface area contributed by atoms with Crippen molar-refractivity contribution in [3.8, 4) is 0 Å². The molecule has 0 radical (unpaired) electrons. The molecule has 20 heavy (non-hydrogen) atoms. The quantitative estimate of drug-likeness (QED) is 0.684. The van der Waals surface area contributed by atoms with E-state index in [4.69, 9.17) is 17.0 Å². The van der Waals surface area contributed by atoms with E-state index in [1.54, 1.807) is 11.8 Å². The minimum atomic E-state index is -0.305. The molecule has 1 aromatic rings. The van der Waals surface area contributed by atoms with E-state index in [9.17, 15) is 4.79 Å². The van der Waals surface area contributed by atoms with E-state index in [0.717, 1.165) is 11.3 Å². The van der Waals surface area contributed by atoms with E-state index < -0.39 is 0 Å². The van der Waals surface area contributed by atoms with Gasteiger partial charge in [-0.2, -0.15) is 0 Å². The van der Waals surface area contributed by atoms with Gasteiger partial charge in [-0.1, -0.05) is 30.3 Å². The molecule has 0 spiro atoms. The maximum Gasteiger partial charge on any atom is 0.338 e. The van der Waals surface area contributed by atoms with Gasteiger partial charge in [0.15, 0.2) is 5.11 Å². The third-order valence-electron chi connectivity index (χ3n) is 3.38. The van der Waals surface area contributed by atoms with Crippen LogP contribution in [0.5, 0.6) is 0 Å². The summed E-state index contributed by atoms with van der Waals surface area (Å²) in [5.41, 5.74) is 2.42. The van der Waals surface area contributed by atoms with Crippen LogP contribution >= 0.6 is 12.2 Å². The lowest BCUT2D eigenvalue weighted by atomic mass is 9.95. The van der Waals surface area contributed by atoms with Gasteiger partial charge in [0.1, 0.15) is 0 Å². The standard InChI is InChI=1S/C15H18N2O2S/c1-4-19-14(18)12-10(2)17(3)15(20)16-13(12)11-8-6-5-7-9-11/h5-9,13H,4H2,1-3H3,(H,16,20)/t13-/m0/s1. The van der Waals surface area contributed by atoms with Crippen molar-refractivity contribution >= 4 is 23.3 Å². The Kier molecular flexibility index (Phi) is 4.39. The lowest BCUT2D eigenvalue weighted by Crippen LogP contribution is -2.46. The number of allylic oxidation sites excluding steroid dienone is 1. The number of hydrogen-bond donors (Lipinski definition) is 1.